The normalized spacial score (nSPS) is 16.5. The molecule has 0 fully saturated rings. The summed E-state index contributed by atoms with van der Waals surface area (Å²) in [6.45, 7) is 2.07. The van der Waals surface area contributed by atoms with Crippen molar-refractivity contribution in [2.75, 3.05) is 0 Å². The minimum Gasteiger partial charge on any atom is -0.294 e. The molecule has 1 atom stereocenters. The fourth-order valence-electron chi connectivity index (χ4n) is 3.64. The molecule has 1 aliphatic carbocycles. The predicted octanol–water partition coefficient (Wildman–Crippen LogP) is 3.41. The molecule has 1 unspecified atom stereocenters. The van der Waals surface area contributed by atoms with E-state index in [0.29, 0.717) is 23.6 Å². The van der Waals surface area contributed by atoms with Gasteiger partial charge in [0.2, 0.25) is 0 Å². The summed E-state index contributed by atoms with van der Waals surface area (Å²) in [6.07, 6.45) is 6.30. The lowest BCUT2D eigenvalue weighted by molar-refractivity contribution is 0.0962. The van der Waals surface area contributed by atoms with Gasteiger partial charge in [-0.15, -0.1) is 5.10 Å². The number of benzene rings is 1. The van der Waals surface area contributed by atoms with E-state index in [9.17, 15) is 4.79 Å². The highest BCUT2D eigenvalue weighted by atomic mass is 16.1. The third kappa shape index (κ3) is 2.70. The van der Waals surface area contributed by atoms with Gasteiger partial charge in [0.15, 0.2) is 11.6 Å². The zero-order valence-corrected chi connectivity index (χ0v) is 14.8. The molecule has 0 spiro atoms. The molecule has 0 saturated carbocycles. The van der Waals surface area contributed by atoms with Gasteiger partial charge in [-0.3, -0.25) is 9.78 Å². The van der Waals surface area contributed by atoms with E-state index in [0.717, 1.165) is 17.7 Å². The Morgan fingerprint density at radius 3 is 2.70 bits per heavy atom. The molecular weight excluding hydrogens is 338 g/mol. The molecule has 6 heteroatoms. The Labute approximate surface area is 155 Å². The Morgan fingerprint density at radius 2 is 1.93 bits per heavy atom. The Balaban J connectivity index is 1.61. The summed E-state index contributed by atoms with van der Waals surface area (Å²) in [5.74, 6) is 1.32. The van der Waals surface area contributed by atoms with E-state index in [1.807, 2.05) is 12.1 Å². The van der Waals surface area contributed by atoms with E-state index in [-0.39, 0.29) is 11.7 Å². The molecule has 0 radical (unpaired) electrons. The topological polar surface area (TPSA) is 73.0 Å². The summed E-state index contributed by atoms with van der Waals surface area (Å²) < 4.78 is 1.72. The number of fused-ring (bicyclic) bond motifs is 3. The van der Waals surface area contributed by atoms with Crippen LogP contribution in [0.5, 0.6) is 0 Å². The van der Waals surface area contributed by atoms with E-state index >= 15 is 0 Å². The van der Waals surface area contributed by atoms with Crippen molar-refractivity contribution in [3.05, 3.63) is 77.4 Å². The second-order valence-electron chi connectivity index (χ2n) is 6.95. The zero-order chi connectivity index (χ0) is 18.4. The van der Waals surface area contributed by atoms with E-state index in [2.05, 4.69) is 51.2 Å². The maximum atomic E-state index is 12.7. The van der Waals surface area contributed by atoms with E-state index in [1.54, 1.807) is 23.1 Å². The highest BCUT2D eigenvalue weighted by Gasteiger charge is 2.29. The summed E-state index contributed by atoms with van der Waals surface area (Å²) >= 11 is 0. The minimum absolute atomic E-state index is 0.106. The zero-order valence-electron chi connectivity index (χ0n) is 14.8. The monoisotopic (exact) mass is 355 g/mol. The third-order valence-electron chi connectivity index (χ3n) is 5.11. The lowest BCUT2D eigenvalue weighted by Crippen LogP contribution is -2.22. The van der Waals surface area contributed by atoms with Gasteiger partial charge < -0.3 is 0 Å². The van der Waals surface area contributed by atoms with Crippen LogP contribution in [0.25, 0.3) is 17.2 Å². The van der Waals surface area contributed by atoms with Gasteiger partial charge in [-0.2, -0.15) is 9.50 Å². The maximum absolute atomic E-state index is 12.7. The summed E-state index contributed by atoms with van der Waals surface area (Å²) in [7, 11) is 0. The van der Waals surface area contributed by atoms with Crippen LogP contribution in [0.3, 0.4) is 0 Å². The van der Waals surface area contributed by atoms with Gasteiger partial charge in [-0.1, -0.05) is 29.8 Å². The van der Waals surface area contributed by atoms with Crippen LogP contribution in [-0.2, 0) is 6.42 Å². The number of carbonyl (C=O) groups is 1. The second-order valence-corrected chi connectivity index (χ2v) is 6.95. The molecule has 1 aliphatic rings. The highest BCUT2D eigenvalue weighted by molar-refractivity contribution is 5.98. The fourth-order valence-corrected chi connectivity index (χ4v) is 3.64. The first-order chi connectivity index (χ1) is 13.2. The molecule has 4 aromatic rings. The van der Waals surface area contributed by atoms with Crippen molar-refractivity contribution in [1.82, 2.24) is 24.6 Å². The lowest BCUT2D eigenvalue weighted by atomic mass is 9.82. The molecule has 0 amide bonds. The van der Waals surface area contributed by atoms with Gasteiger partial charge in [0.05, 0.1) is 11.3 Å². The van der Waals surface area contributed by atoms with Gasteiger partial charge >= 0.3 is 0 Å². The average molecular weight is 355 g/mol. The Hall–Kier alpha value is -3.41. The number of hydrogen-bond acceptors (Lipinski definition) is 5. The molecule has 132 valence electrons. The number of carbonyl (C=O) groups excluding carboxylic acids is 1. The molecule has 0 N–H and O–H groups in total. The van der Waals surface area contributed by atoms with Crippen molar-refractivity contribution in [3.63, 3.8) is 0 Å². The van der Waals surface area contributed by atoms with Crippen molar-refractivity contribution in [3.8, 4) is 11.4 Å². The quantitative estimate of drug-likeness (QED) is 0.551. The SMILES string of the molecule is Cc1ccc(C2CC(=O)c3cnc4nc(-c5cccnc5)nn4c3C2)cc1. The van der Waals surface area contributed by atoms with Gasteiger partial charge in [-0.05, 0) is 37.0 Å². The van der Waals surface area contributed by atoms with Crippen LogP contribution < -0.4 is 0 Å². The van der Waals surface area contributed by atoms with Crippen molar-refractivity contribution in [1.29, 1.82) is 0 Å². The molecule has 6 nitrogen and oxygen atoms in total. The van der Waals surface area contributed by atoms with Crippen LogP contribution in [0.4, 0.5) is 0 Å². The summed E-state index contributed by atoms with van der Waals surface area (Å²) in [4.78, 5) is 25.7. The Kier molecular flexibility index (Phi) is 3.57. The molecule has 0 aliphatic heterocycles. The molecule has 5 rings (SSSR count). The highest BCUT2D eigenvalue weighted by Crippen LogP contribution is 2.33. The number of ketones is 1. The van der Waals surface area contributed by atoms with Gasteiger partial charge in [0, 0.05) is 30.6 Å². The van der Waals surface area contributed by atoms with Crippen molar-refractivity contribution in [2.24, 2.45) is 0 Å². The molecule has 3 aromatic heterocycles. The molecule has 27 heavy (non-hydrogen) atoms. The van der Waals surface area contributed by atoms with Crippen LogP contribution in [-0.4, -0.2) is 30.3 Å². The predicted molar refractivity (Wildman–Crippen MR) is 101 cm³/mol. The second kappa shape index (κ2) is 6.09. The third-order valence-corrected chi connectivity index (χ3v) is 5.11. The van der Waals surface area contributed by atoms with Gasteiger partial charge in [-0.25, -0.2) is 4.98 Å². The number of aromatic nitrogens is 5. The summed E-state index contributed by atoms with van der Waals surface area (Å²) in [5.41, 5.74) is 4.74. The Bertz CT molecular complexity index is 1150. The van der Waals surface area contributed by atoms with Crippen LogP contribution in [0.15, 0.2) is 55.0 Å². The molecule has 0 saturated heterocycles. The fraction of sp³-hybridized carbons (Fsp3) is 0.190. The number of nitrogens with zero attached hydrogens (tertiary/aromatic N) is 5. The molecule has 0 bridgehead atoms. The number of pyridine rings is 1. The largest absolute Gasteiger partial charge is 0.294 e. The van der Waals surface area contributed by atoms with Crippen LogP contribution >= 0.6 is 0 Å². The van der Waals surface area contributed by atoms with E-state index in [4.69, 9.17) is 0 Å². The van der Waals surface area contributed by atoms with E-state index in [1.165, 1.54) is 11.1 Å². The molecular formula is C21H17N5O. The van der Waals surface area contributed by atoms with E-state index < -0.39 is 0 Å². The first-order valence-corrected chi connectivity index (χ1v) is 8.94. The average Bonchev–Trinajstić information content (AvgIpc) is 3.14. The summed E-state index contributed by atoms with van der Waals surface area (Å²) in [5, 5.41) is 4.62. The summed E-state index contributed by atoms with van der Waals surface area (Å²) in [6, 6.07) is 12.2. The first-order valence-electron chi connectivity index (χ1n) is 8.94. The maximum Gasteiger partial charge on any atom is 0.252 e. The van der Waals surface area contributed by atoms with Crippen LogP contribution in [0, 0.1) is 6.92 Å². The molecule has 1 aromatic carbocycles. The number of aryl methyl sites for hydroxylation is 1. The van der Waals surface area contributed by atoms with Crippen LogP contribution in [0.1, 0.15) is 39.5 Å². The number of hydrogen-bond donors (Lipinski definition) is 0. The number of Topliss-reactive ketones (excluding diaryl/α,β-unsaturated/α-hetero) is 1. The number of rotatable bonds is 2. The minimum atomic E-state index is 0.106. The van der Waals surface area contributed by atoms with Crippen molar-refractivity contribution < 1.29 is 4.79 Å². The van der Waals surface area contributed by atoms with Crippen molar-refractivity contribution in [2.45, 2.75) is 25.7 Å². The van der Waals surface area contributed by atoms with Gasteiger partial charge in [0.25, 0.3) is 5.78 Å². The van der Waals surface area contributed by atoms with Crippen molar-refractivity contribution >= 4 is 11.6 Å². The molecule has 3 heterocycles. The Morgan fingerprint density at radius 1 is 1.07 bits per heavy atom. The van der Waals surface area contributed by atoms with Crippen LogP contribution in [0.2, 0.25) is 0 Å². The standard InChI is InChI=1S/C21H17N5O/c1-13-4-6-14(7-5-13)16-9-18-17(19(27)10-16)12-23-21-24-20(25-26(18)21)15-3-2-8-22-11-15/h2-8,11-12,16H,9-10H2,1H3. The smallest absolute Gasteiger partial charge is 0.252 e. The lowest BCUT2D eigenvalue weighted by Gasteiger charge is -2.24. The van der Waals surface area contributed by atoms with Gasteiger partial charge in [0.1, 0.15) is 0 Å². The first kappa shape index (κ1) is 15.8.